The molecule has 0 aromatic carbocycles. The van der Waals surface area contributed by atoms with Crippen LogP contribution in [-0.2, 0) is 4.74 Å². The fourth-order valence-corrected chi connectivity index (χ4v) is 3.41. The normalized spacial score (nSPS) is 24.5. The lowest BCUT2D eigenvalue weighted by Crippen LogP contribution is -2.37. The number of amides is 1. The fraction of sp³-hybridized carbons (Fsp3) is 0.647. The van der Waals surface area contributed by atoms with Crippen LogP contribution in [0.2, 0.25) is 0 Å². The van der Waals surface area contributed by atoms with Crippen LogP contribution >= 0.6 is 0 Å². The summed E-state index contributed by atoms with van der Waals surface area (Å²) in [6.45, 7) is 11.4. The van der Waals surface area contributed by atoms with Gasteiger partial charge in [0.25, 0.3) is 0 Å². The van der Waals surface area contributed by atoms with Crippen molar-refractivity contribution in [3.63, 3.8) is 0 Å². The molecule has 1 aromatic heterocycles. The molecule has 3 heterocycles. The molecule has 1 amide bonds. The van der Waals surface area contributed by atoms with Crippen molar-refractivity contribution in [2.45, 2.75) is 33.3 Å². The summed E-state index contributed by atoms with van der Waals surface area (Å²) in [4.78, 5) is 20.7. The molecule has 0 radical (unpaired) electrons. The van der Waals surface area contributed by atoms with Crippen LogP contribution < -0.4 is 4.90 Å². The number of ether oxygens (including phenoxy) is 1. The van der Waals surface area contributed by atoms with Gasteiger partial charge in [0.2, 0.25) is 0 Å². The highest BCUT2D eigenvalue weighted by atomic mass is 16.6. The van der Waals surface area contributed by atoms with Crippen molar-refractivity contribution in [2.75, 3.05) is 31.1 Å². The van der Waals surface area contributed by atoms with Gasteiger partial charge >= 0.3 is 6.09 Å². The first-order valence-electron chi connectivity index (χ1n) is 7.97. The van der Waals surface area contributed by atoms with Crippen LogP contribution in [0.15, 0.2) is 18.3 Å². The Balaban J connectivity index is 1.60. The van der Waals surface area contributed by atoms with Crippen LogP contribution in [0, 0.1) is 18.8 Å². The zero-order valence-electron chi connectivity index (χ0n) is 13.9. The molecule has 2 unspecified atom stereocenters. The number of likely N-dealkylation sites (tertiary alicyclic amines) is 1. The first-order chi connectivity index (χ1) is 10.3. The highest BCUT2D eigenvalue weighted by Crippen LogP contribution is 2.34. The maximum atomic E-state index is 12.2. The van der Waals surface area contributed by atoms with Gasteiger partial charge in [-0.2, -0.15) is 0 Å². The number of rotatable bonds is 1. The van der Waals surface area contributed by atoms with Crippen LogP contribution in [0.25, 0.3) is 0 Å². The van der Waals surface area contributed by atoms with Crippen LogP contribution in [0.5, 0.6) is 0 Å². The maximum absolute atomic E-state index is 12.2. The minimum absolute atomic E-state index is 0.173. The number of hydrogen-bond donors (Lipinski definition) is 0. The van der Waals surface area contributed by atoms with Crippen molar-refractivity contribution in [1.29, 1.82) is 0 Å². The molecule has 120 valence electrons. The second-order valence-electron chi connectivity index (χ2n) is 7.47. The van der Waals surface area contributed by atoms with Gasteiger partial charge in [0.15, 0.2) is 0 Å². The molecule has 2 aliphatic heterocycles. The van der Waals surface area contributed by atoms with E-state index >= 15 is 0 Å². The molecule has 5 nitrogen and oxygen atoms in total. The number of hydrogen-bond acceptors (Lipinski definition) is 4. The molecule has 3 rings (SSSR count). The van der Waals surface area contributed by atoms with E-state index in [0.717, 1.165) is 31.9 Å². The van der Waals surface area contributed by atoms with E-state index in [0.29, 0.717) is 11.8 Å². The monoisotopic (exact) mass is 303 g/mol. The van der Waals surface area contributed by atoms with Gasteiger partial charge in [-0.3, -0.25) is 4.98 Å². The Bertz CT molecular complexity index is 553. The Kier molecular flexibility index (Phi) is 3.75. The molecular weight excluding hydrogens is 278 g/mol. The lowest BCUT2D eigenvalue weighted by atomic mass is 10.0. The molecule has 22 heavy (non-hydrogen) atoms. The van der Waals surface area contributed by atoms with Gasteiger partial charge in [-0.1, -0.05) is 0 Å². The average molecular weight is 303 g/mol. The Hall–Kier alpha value is -1.78. The number of pyridine rings is 1. The third-order valence-corrected chi connectivity index (χ3v) is 4.38. The Labute approximate surface area is 132 Å². The van der Waals surface area contributed by atoms with Gasteiger partial charge in [0.1, 0.15) is 5.60 Å². The molecule has 2 atom stereocenters. The molecule has 0 spiro atoms. The van der Waals surface area contributed by atoms with Gasteiger partial charge in [0.05, 0.1) is 0 Å². The molecule has 0 saturated carbocycles. The molecule has 2 saturated heterocycles. The summed E-state index contributed by atoms with van der Waals surface area (Å²) in [5, 5.41) is 0. The second kappa shape index (κ2) is 5.45. The predicted molar refractivity (Wildman–Crippen MR) is 86.0 cm³/mol. The summed E-state index contributed by atoms with van der Waals surface area (Å²) in [6, 6.07) is 4.20. The third-order valence-electron chi connectivity index (χ3n) is 4.38. The Morgan fingerprint density at radius 1 is 1.23 bits per heavy atom. The first-order valence-corrected chi connectivity index (χ1v) is 7.97. The zero-order chi connectivity index (χ0) is 15.9. The van der Waals surface area contributed by atoms with E-state index < -0.39 is 5.60 Å². The van der Waals surface area contributed by atoms with Crippen molar-refractivity contribution >= 4 is 11.8 Å². The van der Waals surface area contributed by atoms with Crippen molar-refractivity contribution < 1.29 is 9.53 Å². The predicted octanol–water partition coefficient (Wildman–Crippen LogP) is 2.69. The Morgan fingerprint density at radius 3 is 2.41 bits per heavy atom. The molecule has 5 heteroatoms. The van der Waals surface area contributed by atoms with Crippen molar-refractivity contribution in [3.8, 4) is 0 Å². The molecule has 2 aliphatic rings. The van der Waals surface area contributed by atoms with Gasteiger partial charge in [-0.25, -0.2) is 4.79 Å². The van der Waals surface area contributed by atoms with Crippen LogP contribution in [0.1, 0.15) is 26.5 Å². The molecule has 2 fully saturated rings. The number of aryl methyl sites for hydroxylation is 1. The average Bonchev–Trinajstić information content (AvgIpc) is 2.94. The summed E-state index contributed by atoms with van der Waals surface area (Å²) >= 11 is 0. The molecular formula is C17H25N3O2. The zero-order valence-corrected chi connectivity index (χ0v) is 13.9. The Morgan fingerprint density at radius 2 is 1.86 bits per heavy atom. The third kappa shape index (κ3) is 3.18. The standard InChI is InChI=1S/C17H25N3O2/c1-12-7-15(5-6-18-12)19-8-13-10-20(11-14(13)9-19)16(21)22-17(2,3)4/h5-7,13-14H,8-11H2,1-4H3. The van der Waals surface area contributed by atoms with Gasteiger partial charge in [0, 0.05) is 55.6 Å². The van der Waals surface area contributed by atoms with E-state index in [4.69, 9.17) is 4.74 Å². The molecule has 0 bridgehead atoms. The molecule has 1 aromatic rings. The van der Waals surface area contributed by atoms with Crippen molar-refractivity contribution in [2.24, 2.45) is 11.8 Å². The lowest BCUT2D eigenvalue weighted by Gasteiger charge is -2.26. The van der Waals surface area contributed by atoms with E-state index in [-0.39, 0.29) is 6.09 Å². The largest absolute Gasteiger partial charge is 0.444 e. The van der Waals surface area contributed by atoms with Gasteiger partial charge in [-0.15, -0.1) is 0 Å². The SMILES string of the molecule is Cc1cc(N2CC3CN(C(=O)OC(C)(C)C)CC3C2)ccn1. The van der Waals surface area contributed by atoms with E-state index in [1.807, 2.05) is 38.8 Å². The number of aromatic nitrogens is 1. The number of fused-ring (bicyclic) bond motifs is 1. The second-order valence-corrected chi connectivity index (χ2v) is 7.47. The van der Waals surface area contributed by atoms with Gasteiger partial charge in [-0.05, 0) is 39.8 Å². The first kappa shape index (κ1) is 15.1. The highest BCUT2D eigenvalue weighted by Gasteiger charge is 2.42. The van der Waals surface area contributed by atoms with E-state index in [2.05, 4.69) is 22.0 Å². The number of nitrogens with zero attached hydrogens (tertiary/aromatic N) is 3. The van der Waals surface area contributed by atoms with E-state index in [9.17, 15) is 4.79 Å². The summed E-state index contributed by atoms with van der Waals surface area (Å²) in [5.74, 6) is 1.09. The summed E-state index contributed by atoms with van der Waals surface area (Å²) in [5.41, 5.74) is 1.87. The van der Waals surface area contributed by atoms with Crippen molar-refractivity contribution in [1.82, 2.24) is 9.88 Å². The quantitative estimate of drug-likeness (QED) is 0.800. The minimum Gasteiger partial charge on any atom is -0.444 e. The van der Waals surface area contributed by atoms with E-state index in [1.165, 1.54) is 5.69 Å². The highest BCUT2D eigenvalue weighted by molar-refractivity contribution is 5.68. The maximum Gasteiger partial charge on any atom is 0.410 e. The minimum atomic E-state index is -0.421. The van der Waals surface area contributed by atoms with Crippen LogP contribution in [0.3, 0.4) is 0 Å². The topological polar surface area (TPSA) is 45.7 Å². The van der Waals surface area contributed by atoms with Gasteiger partial charge < -0.3 is 14.5 Å². The smallest absolute Gasteiger partial charge is 0.410 e. The summed E-state index contributed by atoms with van der Waals surface area (Å²) < 4.78 is 5.48. The number of carbonyl (C=O) groups excluding carboxylic acids is 1. The van der Waals surface area contributed by atoms with E-state index in [1.54, 1.807) is 0 Å². The molecule has 0 aliphatic carbocycles. The van der Waals surface area contributed by atoms with Crippen LogP contribution in [0.4, 0.5) is 10.5 Å². The fourth-order valence-electron chi connectivity index (χ4n) is 3.41. The van der Waals surface area contributed by atoms with Crippen LogP contribution in [-0.4, -0.2) is 47.8 Å². The summed E-state index contributed by atoms with van der Waals surface area (Å²) in [7, 11) is 0. The molecule has 0 N–H and O–H groups in total. The number of anilines is 1. The lowest BCUT2D eigenvalue weighted by molar-refractivity contribution is 0.0282. The summed E-state index contributed by atoms with van der Waals surface area (Å²) in [6.07, 6.45) is 1.69. The number of carbonyl (C=O) groups is 1. The van der Waals surface area contributed by atoms with Crippen molar-refractivity contribution in [3.05, 3.63) is 24.0 Å².